The summed E-state index contributed by atoms with van der Waals surface area (Å²) in [4.78, 5) is 13.3. The molecule has 1 atom stereocenters. The Balaban J connectivity index is 1.16. The van der Waals surface area contributed by atoms with Crippen LogP contribution in [0.4, 0.5) is 5.82 Å². The minimum absolute atomic E-state index is 0.378. The molecule has 9 heteroatoms. The van der Waals surface area contributed by atoms with Crippen LogP contribution in [0.5, 0.6) is 0 Å². The zero-order valence-electron chi connectivity index (χ0n) is 18.4. The molecular formula is C24H26ClN7O. The lowest BCUT2D eigenvalue weighted by molar-refractivity contribution is 0.0581. The van der Waals surface area contributed by atoms with Gasteiger partial charge in [0.05, 0.1) is 18.8 Å². The SMILES string of the molecule is Clc1ccc2c(c1)CN([C@@H]1CCOC1)Cc1nnc(C3CC4(C3)CN(c3ccncn3)C4)n1-2. The average Bonchev–Trinajstić information content (AvgIpc) is 3.41. The van der Waals surface area contributed by atoms with E-state index in [1.54, 1.807) is 6.33 Å². The maximum absolute atomic E-state index is 6.41. The van der Waals surface area contributed by atoms with Gasteiger partial charge in [-0.1, -0.05) is 11.6 Å². The third kappa shape index (κ3) is 3.26. The molecule has 0 unspecified atom stereocenters. The van der Waals surface area contributed by atoms with Crippen LogP contribution in [0.15, 0.2) is 36.8 Å². The summed E-state index contributed by atoms with van der Waals surface area (Å²) in [6.07, 6.45) is 6.80. The molecule has 0 bridgehead atoms. The molecule has 0 N–H and O–H groups in total. The lowest BCUT2D eigenvalue weighted by Gasteiger charge is -2.59. The van der Waals surface area contributed by atoms with Gasteiger partial charge in [0, 0.05) is 54.8 Å². The van der Waals surface area contributed by atoms with Gasteiger partial charge in [0.15, 0.2) is 5.82 Å². The second-order valence-corrected chi connectivity index (χ2v) is 10.5. The van der Waals surface area contributed by atoms with Gasteiger partial charge in [0.1, 0.15) is 18.0 Å². The van der Waals surface area contributed by atoms with Crippen molar-refractivity contribution in [2.24, 2.45) is 5.41 Å². The van der Waals surface area contributed by atoms with Crippen LogP contribution in [-0.4, -0.2) is 62.0 Å². The standard InChI is InChI=1S/C24H26ClN7O/c25-18-1-2-20-16(7-18)10-30(19-4-6-33-12-19)11-22-28-29-23(32(20)22)17-8-24(9-17)13-31(14-24)21-3-5-26-15-27-21/h1-3,5,7,15,17,19H,4,6,8-14H2/t19-/m1/s1. The van der Waals surface area contributed by atoms with Crippen LogP contribution in [0.25, 0.3) is 5.69 Å². The van der Waals surface area contributed by atoms with E-state index in [9.17, 15) is 0 Å². The Morgan fingerprint density at radius 1 is 1.09 bits per heavy atom. The number of hydrogen-bond acceptors (Lipinski definition) is 7. The fourth-order valence-corrected chi connectivity index (χ4v) is 6.40. The number of halogens is 1. The average molecular weight is 464 g/mol. The first kappa shape index (κ1) is 19.9. The Morgan fingerprint density at radius 3 is 2.79 bits per heavy atom. The first-order valence-corrected chi connectivity index (χ1v) is 12.1. The van der Waals surface area contributed by atoms with Gasteiger partial charge >= 0.3 is 0 Å². The third-order valence-corrected chi connectivity index (χ3v) is 8.08. The molecule has 3 aromatic rings. The summed E-state index contributed by atoms with van der Waals surface area (Å²) in [7, 11) is 0. The molecule has 0 radical (unpaired) electrons. The maximum atomic E-state index is 6.41. The Kier molecular flexibility index (Phi) is 4.51. The highest BCUT2D eigenvalue weighted by Gasteiger charge is 2.54. The maximum Gasteiger partial charge on any atom is 0.151 e. The van der Waals surface area contributed by atoms with Gasteiger partial charge in [-0.2, -0.15) is 0 Å². The Labute approximate surface area is 197 Å². The van der Waals surface area contributed by atoms with Crippen molar-refractivity contribution < 1.29 is 4.74 Å². The summed E-state index contributed by atoms with van der Waals surface area (Å²) < 4.78 is 8.00. The van der Waals surface area contributed by atoms with Crippen LogP contribution in [0.1, 0.15) is 42.4 Å². The van der Waals surface area contributed by atoms with Crippen molar-refractivity contribution >= 4 is 17.4 Å². The predicted molar refractivity (Wildman–Crippen MR) is 123 cm³/mol. The normalized spacial score (nSPS) is 24.2. The lowest BCUT2D eigenvalue weighted by Crippen LogP contribution is -2.62. The van der Waals surface area contributed by atoms with Gasteiger partial charge in [-0.25, -0.2) is 9.97 Å². The lowest BCUT2D eigenvalue weighted by atomic mass is 9.57. The second kappa shape index (κ2) is 7.48. The molecule has 1 aliphatic carbocycles. The monoisotopic (exact) mass is 463 g/mol. The predicted octanol–water partition coefficient (Wildman–Crippen LogP) is 3.20. The number of nitrogens with zero attached hydrogens (tertiary/aromatic N) is 7. The van der Waals surface area contributed by atoms with E-state index in [0.29, 0.717) is 17.4 Å². The van der Waals surface area contributed by atoms with E-state index in [4.69, 9.17) is 21.4 Å². The van der Waals surface area contributed by atoms with Gasteiger partial charge in [-0.05, 0) is 49.1 Å². The molecule has 3 aliphatic heterocycles. The smallest absolute Gasteiger partial charge is 0.151 e. The van der Waals surface area contributed by atoms with Crippen molar-refractivity contribution in [2.45, 2.75) is 44.3 Å². The summed E-state index contributed by atoms with van der Waals surface area (Å²) in [6, 6.07) is 8.63. The number of benzene rings is 1. The highest BCUT2D eigenvalue weighted by Crippen LogP contribution is 2.56. The van der Waals surface area contributed by atoms with Crippen molar-refractivity contribution in [3.63, 3.8) is 0 Å². The molecule has 2 saturated heterocycles. The van der Waals surface area contributed by atoms with Crippen LogP contribution < -0.4 is 4.90 Å². The van der Waals surface area contributed by atoms with Gasteiger partial charge in [-0.3, -0.25) is 9.47 Å². The van der Waals surface area contributed by atoms with E-state index in [1.807, 2.05) is 18.3 Å². The van der Waals surface area contributed by atoms with E-state index in [0.717, 1.165) is 81.1 Å². The van der Waals surface area contributed by atoms with Crippen LogP contribution in [0, 0.1) is 5.41 Å². The van der Waals surface area contributed by atoms with Crippen LogP contribution in [0.3, 0.4) is 0 Å². The molecule has 1 aromatic carbocycles. The van der Waals surface area contributed by atoms with Crippen molar-refractivity contribution in [2.75, 3.05) is 31.2 Å². The van der Waals surface area contributed by atoms with Crippen LogP contribution in [-0.2, 0) is 17.8 Å². The summed E-state index contributed by atoms with van der Waals surface area (Å²) in [5.41, 5.74) is 2.79. The quantitative estimate of drug-likeness (QED) is 0.590. The number of rotatable bonds is 3. The van der Waals surface area contributed by atoms with Gasteiger partial charge in [0.25, 0.3) is 0 Å². The topological polar surface area (TPSA) is 72.2 Å². The minimum Gasteiger partial charge on any atom is -0.380 e. The largest absolute Gasteiger partial charge is 0.380 e. The number of fused-ring (bicyclic) bond motifs is 3. The first-order chi connectivity index (χ1) is 16.2. The molecule has 8 nitrogen and oxygen atoms in total. The molecule has 4 aliphatic rings. The van der Waals surface area contributed by atoms with Crippen LogP contribution >= 0.6 is 11.6 Å². The Bertz CT molecular complexity index is 1180. The van der Waals surface area contributed by atoms with Crippen LogP contribution in [0.2, 0.25) is 5.02 Å². The van der Waals surface area contributed by atoms with Crippen molar-refractivity contribution in [1.29, 1.82) is 0 Å². The number of hydrogen-bond donors (Lipinski definition) is 0. The third-order valence-electron chi connectivity index (χ3n) is 7.84. The molecule has 1 spiro atoms. The highest BCUT2D eigenvalue weighted by molar-refractivity contribution is 6.30. The van der Waals surface area contributed by atoms with E-state index < -0.39 is 0 Å². The zero-order chi connectivity index (χ0) is 22.0. The number of anilines is 1. The molecule has 0 amide bonds. The molecular weight excluding hydrogens is 438 g/mol. The molecule has 1 saturated carbocycles. The van der Waals surface area contributed by atoms with E-state index in [-0.39, 0.29) is 0 Å². The first-order valence-electron chi connectivity index (χ1n) is 11.7. The molecule has 7 rings (SSSR count). The van der Waals surface area contributed by atoms with E-state index >= 15 is 0 Å². The molecule has 170 valence electrons. The highest BCUT2D eigenvalue weighted by atomic mass is 35.5. The molecule has 33 heavy (non-hydrogen) atoms. The van der Waals surface area contributed by atoms with Gasteiger partial charge in [0.2, 0.25) is 0 Å². The molecule has 5 heterocycles. The van der Waals surface area contributed by atoms with E-state index in [1.165, 1.54) is 11.3 Å². The zero-order valence-corrected chi connectivity index (χ0v) is 19.2. The van der Waals surface area contributed by atoms with Gasteiger partial charge < -0.3 is 9.64 Å². The number of aromatic nitrogens is 5. The summed E-state index contributed by atoms with van der Waals surface area (Å²) in [6.45, 7) is 5.37. The molecule has 3 fully saturated rings. The Hall–Kier alpha value is -2.55. The summed E-state index contributed by atoms with van der Waals surface area (Å²) in [5.74, 6) is 3.58. The number of ether oxygens (including phenoxy) is 1. The fraction of sp³-hybridized carbons (Fsp3) is 0.500. The van der Waals surface area contributed by atoms with E-state index in [2.05, 4.69) is 41.6 Å². The summed E-state index contributed by atoms with van der Waals surface area (Å²) >= 11 is 6.41. The van der Waals surface area contributed by atoms with Crippen molar-refractivity contribution in [1.82, 2.24) is 29.6 Å². The Morgan fingerprint density at radius 2 is 2.00 bits per heavy atom. The van der Waals surface area contributed by atoms with Crippen molar-refractivity contribution in [3.8, 4) is 5.69 Å². The fourth-order valence-electron chi connectivity index (χ4n) is 6.21. The van der Waals surface area contributed by atoms with Gasteiger partial charge in [-0.15, -0.1) is 10.2 Å². The summed E-state index contributed by atoms with van der Waals surface area (Å²) in [5, 5.41) is 10.2. The molecule has 2 aromatic heterocycles. The van der Waals surface area contributed by atoms with Crippen molar-refractivity contribution in [3.05, 3.63) is 59.0 Å². The minimum atomic E-state index is 0.378. The second-order valence-electron chi connectivity index (χ2n) is 10.0.